The fraction of sp³-hybridized carbons (Fsp3) is 0.333. The standard InChI is InChI=1S/C21H24BrFN4O2.C21H23BrFN3O3/c1-25-7-9-26(10-8-25)21(29)27(18-4-2-3-17(22)12-18)14-16-6-5-15(11-19(16)23)20(28)13-24;1-24-8-10-25(11-9-24)21(28)26(18-5-3-4-17(22)13-18)14-16-7-6-15(12-19(16)23)20(27)29-2/h2-6,11-12H,7-10,13-14,24H2,1H3;3-7,12-13H,8-11,14H2,1-2H3. The van der Waals surface area contributed by atoms with Crippen molar-refractivity contribution >= 4 is 67.0 Å². The molecule has 0 radical (unpaired) electrons. The van der Waals surface area contributed by atoms with E-state index in [0.29, 0.717) is 48.7 Å². The summed E-state index contributed by atoms with van der Waals surface area (Å²) in [5.41, 5.74) is 7.71. The van der Waals surface area contributed by atoms with Crippen molar-refractivity contribution in [2.75, 3.05) is 89.9 Å². The van der Waals surface area contributed by atoms with E-state index in [0.717, 1.165) is 41.2 Å². The molecule has 2 N–H and O–H groups in total. The molecule has 308 valence electrons. The van der Waals surface area contributed by atoms with Gasteiger partial charge in [0.05, 0.1) is 32.3 Å². The summed E-state index contributed by atoms with van der Waals surface area (Å²) in [5.74, 6) is -2.02. The van der Waals surface area contributed by atoms with Crippen molar-refractivity contribution in [3.8, 4) is 0 Å². The van der Waals surface area contributed by atoms with Crippen LogP contribution in [0.1, 0.15) is 31.8 Å². The molecule has 12 nitrogen and oxygen atoms in total. The number of carbonyl (C=O) groups is 4. The largest absolute Gasteiger partial charge is 0.465 e. The van der Waals surface area contributed by atoms with Gasteiger partial charge in [-0.1, -0.05) is 62.2 Å². The van der Waals surface area contributed by atoms with E-state index < -0.39 is 17.6 Å². The van der Waals surface area contributed by atoms with Gasteiger partial charge >= 0.3 is 18.0 Å². The van der Waals surface area contributed by atoms with Crippen molar-refractivity contribution in [3.63, 3.8) is 0 Å². The lowest BCUT2D eigenvalue weighted by molar-refractivity contribution is 0.0600. The van der Waals surface area contributed by atoms with Crippen molar-refractivity contribution in [1.82, 2.24) is 19.6 Å². The third-order valence-corrected chi connectivity index (χ3v) is 10.9. The van der Waals surface area contributed by atoms with E-state index in [-0.39, 0.29) is 48.6 Å². The van der Waals surface area contributed by atoms with Gasteiger partial charge in [0.25, 0.3) is 0 Å². The molecule has 0 aromatic heterocycles. The zero-order valence-electron chi connectivity index (χ0n) is 32.7. The number of nitrogens with zero attached hydrogens (tertiary/aromatic N) is 6. The van der Waals surface area contributed by atoms with Crippen LogP contribution in [-0.4, -0.2) is 124 Å². The highest BCUT2D eigenvalue weighted by Crippen LogP contribution is 2.27. The van der Waals surface area contributed by atoms with Crippen LogP contribution in [0.4, 0.5) is 29.7 Å². The van der Waals surface area contributed by atoms with E-state index in [1.54, 1.807) is 31.7 Å². The van der Waals surface area contributed by atoms with E-state index in [9.17, 15) is 28.0 Å². The molecule has 6 rings (SSSR count). The van der Waals surface area contributed by atoms with Crippen LogP contribution in [-0.2, 0) is 17.8 Å². The first-order valence-corrected chi connectivity index (χ1v) is 20.3. The second-order valence-electron chi connectivity index (χ2n) is 14.0. The number of benzene rings is 4. The maximum atomic E-state index is 14.7. The Morgan fingerprint density at radius 1 is 0.638 bits per heavy atom. The molecule has 0 unspecified atom stereocenters. The van der Waals surface area contributed by atoms with E-state index in [1.165, 1.54) is 25.3 Å². The van der Waals surface area contributed by atoms with Crippen LogP contribution in [0.5, 0.6) is 0 Å². The number of piperazine rings is 2. The number of nitrogens with two attached hydrogens (primary N) is 1. The molecule has 0 bridgehead atoms. The molecule has 2 aliphatic heterocycles. The van der Waals surface area contributed by atoms with Gasteiger partial charge in [0.2, 0.25) is 0 Å². The van der Waals surface area contributed by atoms with Gasteiger partial charge in [0.1, 0.15) is 11.6 Å². The molecule has 4 amide bonds. The second-order valence-corrected chi connectivity index (χ2v) is 15.8. The summed E-state index contributed by atoms with van der Waals surface area (Å²) in [6.45, 7) is 5.57. The molecule has 0 saturated carbocycles. The number of amides is 4. The first-order chi connectivity index (χ1) is 27.8. The SMILES string of the molecule is CN1CCN(C(=O)N(Cc2ccc(C(=O)CN)cc2F)c2cccc(Br)c2)CC1.COC(=O)c1ccc(CN(C(=O)N2CCN(C)CC2)c2cccc(Br)c2)c(F)c1. The molecule has 16 heteroatoms. The fourth-order valence-electron chi connectivity index (χ4n) is 6.39. The average Bonchev–Trinajstić information content (AvgIpc) is 3.22. The fourth-order valence-corrected chi connectivity index (χ4v) is 7.17. The molecule has 0 atom stereocenters. The first-order valence-electron chi connectivity index (χ1n) is 18.7. The Balaban J connectivity index is 0.000000221. The number of likely N-dealkylation sites (N-methyl/N-ethyl adjacent to an activating group) is 2. The minimum Gasteiger partial charge on any atom is -0.465 e. The highest BCUT2D eigenvalue weighted by molar-refractivity contribution is 9.10. The summed E-state index contributed by atoms with van der Waals surface area (Å²) >= 11 is 6.87. The van der Waals surface area contributed by atoms with Crippen LogP contribution in [0.15, 0.2) is 93.9 Å². The van der Waals surface area contributed by atoms with Gasteiger partial charge in [-0.2, -0.15) is 0 Å². The minimum atomic E-state index is -0.604. The zero-order valence-corrected chi connectivity index (χ0v) is 35.8. The minimum absolute atomic E-state index is 0.0505. The molecule has 58 heavy (non-hydrogen) atoms. The lowest BCUT2D eigenvalue weighted by Gasteiger charge is -2.36. The van der Waals surface area contributed by atoms with Gasteiger partial charge in [0.15, 0.2) is 5.78 Å². The Morgan fingerprint density at radius 3 is 1.43 bits per heavy atom. The zero-order chi connectivity index (χ0) is 41.9. The Labute approximate surface area is 354 Å². The van der Waals surface area contributed by atoms with Crippen LogP contribution in [0.25, 0.3) is 0 Å². The van der Waals surface area contributed by atoms with Crippen molar-refractivity contribution in [2.45, 2.75) is 13.1 Å². The predicted octanol–water partition coefficient (Wildman–Crippen LogP) is 6.85. The number of Topliss-reactive ketones (excluding diaryl/α,β-unsaturated/α-hetero) is 1. The van der Waals surface area contributed by atoms with Gasteiger partial charge in [-0.05, 0) is 68.7 Å². The number of urea groups is 2. The number of methoxy groups -OCH3 is 1. The Morgan fingerprint density at radius 2 is 1.05 bits per heavy atom. The smallest absolute Gasteiger partial charge is 0.337 e. The van der Waals surface area contributed by atoms with E-state index in [4.69, 9.17) is 5.73 Å². The van der Waals surface area contributed by atoms with Crippen molar-refractivity contribution in [1.29, 1.82) is 0 Å². The van der Waals surface area contributed by atoms with Crippen LogP contribution in [0.3, 0.4) is 0 Å². The monoisotopic (exact) mass is 925 g/mol. The van der Waals surface area contributed by atoms with Crippen molar-refractivity contribution in [2.24, 2.45) is 5.73 Å². The van der Waals surface area contributed by atoms with Gasteiger partial charge in [-0.15, -0.1) is 0 Å². The topological polar surface area (TPSA) is 123 Å². The highest BCUT2D eigenvalue weighted by Gasteiger charge is 2.28. The van der Waals surface area contributed by atoms with Crippen LogP contribution in [0.2, 0.25) is 0 Å². The summed E-state index contributed by atoms with van der Waals surface area (Å²) < 4.78 is 35.7. The molecular weight excluding hydrogens is 880 g/mol. The summed E-state index contributed by atoms with van der Waals surface area (Å²) in [4.78, 5) is 60.9. The number of hydrogen-bond donors (Lipinski definition) is 1. The molecule has 2 fully saturated rings. The number of anilines is 2. The van der Waals surface area contributed by atoms with Gasteiger partial charge < -0.3 is 30.1 Å². The van der Waals surface area contributed by atoms with Crippen molar-refractivity contribution in [3.05, 3.63) is 128 Å². The van der Waals surface area contributed by atoms with E-state index >= 15 is 0 Å². The molecule has 4 aromatic rings. The van der Waals surface area contributed by atoms with Gasteiger partial charge in [-0.3, -0.25) is 14.6 Å². The second kappa shape index (κ2) is 20.8. The Kier molecular flexibility index (Phi) is 15.9. The van der Waals surface area contributed by atoms with Gasteiger partial charge in [0, 0.05) is 89.4 Å². The van der Waals surface area contributed by atoms with Gasteiger partial charge in [-0.25, -0.2) is 23.2 Å². The maximum Gasteiger partial charge on any atom is 0.337 e. The lowest BCUT2D eigenvalue weighted by atomic mass is 10.1. The first kappa shape index (κ1) is 44.4. The number of hydrogen-bond acceptors (Lipinski definition) is 8. The van der Waals surface area contributed by atoms with E-state index in [1.807, 2.05) is 62.6 Å². The average molecular weight is 928 g/mol. The molecule has 2 saturated heterocycles. The number of ether oxygens (including phenoxy) is 1. The number of esters is 1. The number of rotatable bonds is 9. The quantitative estimate of drug-likeness (QED) is 0.143. The summed E-state index contributed by atoms with van der Waals surface area (Å²) in [5, 5.41) is 0. The number of halogens is 4. The normalized spacial score (nSPS) is 14.6. The third kappa shape index (κ3) is 11.7. The number of carbonyl (C=O) groups excluding carboxylic acids is 4. The number of ketones is 1. The van der Waals surface area contributed by atoms with Crippen molar-refractivity contribution < 1.29 is 32.7 Å². The molecule has 2 heterocycles. The van der Waals surface area contributed by atoms with Crippen LogP contribution < -0.4 is 15.5 Å². The maximum absolute atomic E-state index is 14.7. The Hall–Kier alpha value is -4.74. The van der Waals surface area contributed by atoms with Crippen LogP contribution in [0, 0.1) is 11.6 Å². The molecule has 0 spiro atoms. The summed E-state index contributed by atoms with van der Waals surface area (Å²) in [6, 6.07) is 22.8. The molecule has 4 aromatic carbocycles. The summed E-state index contributed by atoms with van der Waals surface area (Å²) in [6.07, 6.45) is 0. The molecule has 2 aliphatic rings. The molecule has 0 aliphatic carbocycles. The molecular formula is C42H47Br2F2N7O5. The van der Waals surface area contributed by atoms with E-state index in [2.05, 4.69) is 46.4 Å². The van der Waals surface area contributed by atoms with Crippen LogP contribution >= 0.6 is 31.9 Å². The predicted molar refractivity (Wildman–Crippen MR) is 227 cm³/mol. The third-order valence-electron chi connectivity index (χ3n) is 9.94. The summed E-state index contributed by atoms with van der Waals surface area (Å²) in [7, 11) is 5.29. The lowest BCUT2D eigenvalue weighted by Crippen LogP contribution is -2.52. The highest BCUT2D eigenvalue weighted by atomic mass is 79.9. The Bertz CT molecular complexity index is 1950.